The summed E-state index contributed by atoms with van der Waals surface area (Å²) in [5.41, 5.74) is 5.54. The first-order valence-electron chi connectivity index (χ1n) is 6.76. The van der Waals surface area contributed by atoms with Gasteiger partial charge in [-0.2, -0.15) is 0 Å². The van der Waals surface area contributed by atoms with Crippen LogP contribution in [0.15, 0.2) is 54.6 Å². The molecule has 2 aromatic carbocycles. The fraction of sp³-hybridized carbons (Fsp3) is 0.176. The summed E-state index contributed by atoms with van der Waals surface area (Å²) in [6.07, 6.45) is 0.906. The van der Waals surface area contributed by atoms with Gasteiger partial charge in [-0.3, -0.25) is 11.3 Å². The Morgan fingerprint density at radius 3 is 2.55 bits per heavy atom. The Hall–Kier alpha value is -1.68. The average molecular weight is 282 g/mol. The summed E-state index contributed by atoms with van der Waals surface area (Å²) in [4.78, 5) is 1.29. The lowest BCUT2D eigenvalue weighted by atomic mass is 10.0. The van der Waals surface area contributed by atoms with Crippen LogP contribution in [-0.4, -0.2) is 0 Å². The van der Waals surface area contributed by atoms with Crippen LogP contribution in [0.25, 0.3) is 10.1 Å². The molecule has 0 fully saturated rings. The van der Waals surface area contributed by atoms with Crippen LogP contribution in [0.3, 0.4) is 0 Å². The van der Waals surface area contributed by atoms with Crippen molar-refractivity contribution in [3.8, 4) is 0 Å². The maximum Gasteiger partial charge on any atom is 0.0593 e. The van der Waals surface area contributed by atoms with Gasteiger partial charge in [0.25, 0.3) is 0 Å². The molecule has 0 radical (unpaired) electrons. The minimum Gasteiger partial charge on any atom is -0.271 e. The van der Waals surface area contributed by atoms with Crippen molar-refractivity contribution in [2.45, 2.75) is 19.4 Å². The van der Waals surface area contributed by atoms with E-state index in [4.69, 9.17) is 5.84 Å². The Morgan fingerprint density at radius 2 is 1.85 bits per heavy atom. The Labute approximate surface area is 123 Å². The second kappa shape index (κ2) is 5.75. The molecular formula is C17H18N2S. The van der Waals surface area contributed by atoms with E-state index in [1.807, 2.05) is 11.3 Å². The highest BCUT2D eigenvalue weighted by molar-refractivity contribution is 7.19. The van der Waals surface area contributed by atoms with Gasteiger partial charge in [-0.1, -0.05) is 48.0 Å². The van der Waals surface area contributed by atoms with Crippen LogP contribution in [0, 0.1) is 6.92 Å². The van der Waals surface area contributed by atoms with Gasteiger partial charge in [0.15, 0.2) is 0 Å². The predicted molar refractivity (Wildman–Crippen MR) is 86.8 cm³/mol. The first-order valence-corrected chi connectivity index (χ1v) is 7.58. The van der Waals surface area contributed by atoms with E-state index in [0.717, 1.165) is 6.42 Å². The van der Waals surface area contributed by atoms with Gasteiger partial charge in [0, 0.05) is 9.58 Å². The summed E-state index contributed by atoms with van der Waals surface area (Å²) in [7, 11) is 0. The molecule has 2 nitrogen and oxygen atoms in total. The van der Waals surface area contributed by atoms with Crippen molar-refractivity contribution in [3.63, 3.8) is 0 Å². The van der Waals surface area contributed by atoms with Crippen molar-refractivity contribution in [1.82, 2.24) is 5.43 Å². The number of thiophene rings is 1. The molecule has 3 N–H and O–H groups in total. The predicted octanol–water partition coefficient (Wildman–Crippen LogP) is 3.96. The van der Waals surface area contributed by atoms with Crippen LogP contribution in [0.4, 0.5) is 0 Å². The lowest BCUT2D eigenvalue weighted by Crippen LogP contribution is -2.28. The summed E-state index contributed by atoms with van der Waals surface area (Å²) < 4.78 is 1.31. The number of hydrazine groups is 1. The lowest BCUT2D eigenvalue weighted by molar-refractivity contribution is 0.561. The second-order valence-electron chi connectivity index (χ2n) is 5.10. The van der Waals surface area contributed by atoms with Crippen molar-refractivity contribution < 1.29 is 0 Å². The molecule has 0 saturated carbocycles. The number of hydrogen-bond donors (Lipinski definition) is 2. The minimum absolute atomic E-state index is 0.162. The van der Waals surface area contributed by atoms with Crippen LogP contribution in [-0.2, 0) is 6.42 Å². The summed E-state index contributed by atoms with van der Waals surface area (Å²) in [6.45, 7) is 2.11. The number of fused-ring (bicyclic) bond motifs is 1. The maximum absolute atomic E-state index is 5.76. The monoisotopic (exact) mass is 282 g/mol. The van der Waals surface area contributed by atoms with Crippen molar-refractivity contribution >= 4 is 21.4 Å². The van der Waals surface area contributed by atoms with Crippen molar-refractivity contribution in [2.24, 2.45) is 5.84 Å². The van der Waals surface area contributed by atoms with E-state index in [0.29, 0.717) is 0 Å². The number of benzene rings is 2. The van der Waals surface area contributed by atoms with Gasteiger partial charge in [-0.05, 0) is 36.4 Å². The average Bonchev–Trinajstić information content (AvgIpc) is 2.90. The molecule has 0 amide bonds. The van der Waals surface area contributed by atoms with Crippen LogP contribution >= 0.6 is 11.3 Å². The van der Waals surface area contributed by atoms with E-state index in [9.17, 15) is 0 Å². The SMILES string of the molecule is Cc1ccc(CC(NN)c2cc3ccccc3s2)cc1. The highest BCUT2D eigenvalue weighted by Gasteiger charge is 2.13. The van der Waals surface area contributed by atoms with Crippen LogP contribution in [0.1, 0.15) is 22.0 Å². The summed E-state index contributed by atoms with van der Waals surface area (Å²) >= 11 is 1.81. The molecule has 0 aliphatic heterocycles. The molecular weight excluding hydrogens is 264 g/mol. The zero-order valence-corrected chi connectivity index (χ0v) is 12.3. The summed E-state index contributed by atoms with van der Waals surface area (Å²) in [6, 6.07) is 19.5. The first kappa shape index (κ1) is 13.3. The number of nitrogens with one attached hydrogen (secondary N) is 1. The molecule has 3 rings (SSSR count). The Morgan fingerprint density at radius 1 is 1.10 bits per heavy atom. The fourth-order valence-electron chi connectivity index (χ4n) is 2.38. The van der Waals surface area contributed by atoms with Gasteiger partial charge in [0.2, 0.25) is 0 Å². The molecule has 0 aliphatic rings. The van der Waals surface area contributed by atoms with Crippen LogP contribution < -0.4 is 11.3 Å². The quantitative estimate of drug-likeness (QED) is 0.561. The van der Waals surface area contributed by atoms with E-state index in [1.165, 1.54) is 26.1 Å². The normalized spacial score (nSPS) is 12.7. The maximum atomic E-state index is 5.76. The molecule has 3 aromatic rings. The number of hydrogen-bond acceptors (Lipinski definition) is 3. The Kier molecular flexibility index (Phi) is 3.83. The van der Waals surface area contributed by atoms with Gasteiger partial charge in [0.1, 0.15) is 0 Å². The van der Waals surface area contributed by atoms with Gasteiger partial charge in [0.05, 0.1) is 6.04 Å². The second-order valence-corrected chi connectivity index (χ2v) is 6.21. The standard InChI is InChI=1S/C17H18N2S/c1-12-6-8-13(9-7-12)10-15(19-18)17-11-14-4-2-3-5-16(14)20-17/h2-9,11,15,19H,10,18H2,1H3. The molecule has 102 valence electrons. The molecule has 1 aromatic heterocycles. The van der Waals surface area contributed by atoms with E-state index < -0.39 is 0 Å². The van der Waals surface area contributed by atoms with Gasteiger partial charge < -0.3 is 0 Å². The van der Waals surface area contributed by atoms with Crippen LogP contribution in [0.2, 0.25) is 0 Å². The number of aryl methyl sites for hydroxylation is 1. The van der Waals surface area contributed by atoms with E-state index in [2.05, 4.69) is 66.9 Å². The molecule has 0 saturated heterocycles. The molecule has 1 atom stereocenters. The summed E-state index contributed by atoms with van der Waals surface area (Å²) in [5.74, 6) is 5.76. The molecule has 0 bridgehead atoms. The molecule has 3 heteroatoms. The van der Waals surface area contributed by atoms with Gasteiger partial charge >= 0.3 is 0 Å². The minimum atomic E-state index is 0.162. The fourth-order valence-corrected chi connectivity index (χ4v) is 3.50. The molecule has 20 heavy (non-hydrogen) atoms. The third kappa shape index (κ3) is 2.75. The molecule has 0 spiro atoms. The van der Waals surface area contributed by atoms with E-state index in [-0.39, 0.29) is 6.04 Å². The zero-order valence-electron chi connectivity index (χ0n) is 11.5. The smallest absolute Gasteiger partial charge is 0.0593 e. The molecule has 1 unspecified atom stereocenters. The molecule has 1 heterocycles. The summed E-state index contributed by atoms with van der Waals surface area (Å²) in [5, 5.41) is 1.29. The van der Waals surface area contributed by atoms with Gasteiger partial charge in [-0.25, -0.2) is 0 Å². The van der Waals surface area contributed by atoms with E-state index in [1.54, 1.807) is 0 Å². The first-order chi connectivity index (χ1) is 9.76. The topological polar surface area (TPSA) is 38.0 Å². The number of nitrogens with two attached hydrogens (primary N) is 1. The van der Waals surface area contributed by atoms with E-state index >= 15 is 0 Å². The lowest BCUT2D eigenvalue weighted by Gasteiger charge is -2.14. The highest BCUT2D eigenvalue weighted by Crippen LogP contribution is 2.31. The zero-order chi connectivity index (χ0) is 13.9. The number of rotatable bonds is 4. The Bertz CT molecular complexity index is 667. The third-order valence-corrected chi connectivity index (χ3v) is 4.78. The van der Waals surface area contributed by atoms with Crippen molar-refractivity contribution in [2.75, 3.05) is 0 Å². The van der Waals surface area contributed by atoms with Crippen molar-refractivity contribution in [3.05, 3.63) is 70.6 Å². The Balaban J connectivity index is 1.87. The highest BCUT2D eigenvalue weighted by atomic mass is 32.1. The van der Waals surface area contributed by atoms with Crippen LogP contribution in [0.5, 0.6) is 0 Å². The van der Waals surface area contributed by atoms with Crippen molar-refractivity contribution in [1.29, 1.82) is 0 Å². The third-order valence-electron chi connectivity index (χ3n) is 3.55. The largest absolute Gasteiger partial charge is 0.271 e. The van der Waals surface area contributed by atoms with Gasteiger partial charge in [-0.15, -0.1) is 11.3 Å². The molecule has 0 aliphatic carbocycles.